The maximum atomic E-state index is 13.4. The summed E-state index contributed by atoms with van der Waals surface area (Å²) in [5.74, 6) is 1.23. The van der Waals surface area contributed by atoms with E-state index in [0.29, 0.717) is 31.1 Å². The summed E-state index contributed by atoms with van der Waals surface area (Å²) in [6.45, 7) is 0.963. The van der Waals surface area contributed by atoms with Crippen molar-refractivity contribution in [2.24, 2.45) is 11.0 Å². The van der Waals surface area contributed by atoms with Gasteiger partial charge in [-0.1, -0.05) is 12.1 Å². The summed E-state index contributed by atoms with van der Waals surface area (Å²) in [5.41, 5.74) is 1.79. The van der Waals surface area contributed by atoms with Gasteiger partial charge in [-0.2, -0.15) is 5.10 Å². The standard InChI is InChI=1S/C23H25N3O5S/c1-29-9-8-25(23(28)15-4-5-15)13-22(27)26-18(12-17(24-26)21-3-2-10-32-21)16-6-7-19-20(11-16)31-14-30-19/h2-3,6-7,10-11,15,18H,4-5,8-9,12-14H2,1H3. The quantitative estimate of drug-likeness (QED) is 0.611. The molecule has 5 rings (SSSR count). The number of fused-ring (bicyclic) bond motifs is 1. The molecule has 1 fully saturated rings. The molecular weight excluding hydrogens is 430 g/mol. The molecule has 3 aliphatic rings. The number of rotatable bonds is 8. The van der Waals surface area contributed by atoms with Crippen LogP contribution in [0, 0.1) is 5.92 Å². The molecule has 1 aliphatic carbocycles. The minimum absolute atomic E-state index is 0.0129. The van der Waals surface area contributed by atoms with Crippen LogP contribution in [0.3, 0.4) is 0 Å². The van der Waals surface area contributed by atoms with Crippen LogP contribution in [0.4, 0.5) is 0 Å². The Hall–Kier alpha value is -2.91. The summed E-state index contributed by atoms with van der Waals surface area (Å²) >= 11 is 1.60. The summed E-state index contributed by atoms with van der Waals surface area (Å²) in [7, 11) is 1.59. The Kier molecular flexibility index (Phi) is 5.84. The first kappa shape index (κ1) is 21.0. The number of thiophene rings is 1. The van der Waals surface area contributed by atoms with E-state index in [1.807, 2.05) is 35.7 Å². The van der Waals surface area contributed by atoms with Crippen molar-refractivity contribution in [2.75, 3.05) is 33.6 Å². The van der Waals surface area contributed by atoms with Crippen molar-refractivity contribution < 1.29 is 23.8 Å². The van der Waals surface area contributed by atoms with Crippen LogP contribution >= 0.6 is 11.3 Å². The van der Waals surface area contributed by atoms with Crippen molar-refractivity contribution in [1.82, 2.24) is 9.91 Å². The minimum Gasteiger partial charge on any atom is -0.454 e. The highest BCUT2D eigenvalue weighted by atomic mass is 32.1. The Morgan fingerprint density at radius 1 is 1.25 bits per heavy atom. The van der Waals surface area contributed by atoms with Crippen LogP contribution in [0.25, 0.3) is 0 Å². The second-order valence-corrected chi connectivity index (χ2v) is 9.07. The predicted octanol–water partition coefficient (Wildman–Crippen LogP) is 3.04. The Morgan fingerprint density at radius 2 is 2.09 bits per heavy atom. The van der Waals surface area contributed by atoms with Crippen molar-refractivity contribution in [3.05, 3.63) is 46.2 Å². The highest BCUT2D eigenvalue weighted by molar-refractivity contribution is 7.12. The number of carbonyl (C=O) groups excluding carboxylic acids is 2. The maximum Gasteiger partial charge on any atom is 0.262 e. The number of hydrogen-bond acceptors (Lipinski definition) is 7. The predicted molar refractivity (Wildman–Crippen MR) is 119 cm³/mol. The lowest BCUT2D eigenvalue weighted by molar-refractivity contribution is -0.142. The molecule has 0 N–H and O–H groups in total. The average molecular weight is 456 g/mol. The third-order valence-electron chi connectivity index (χ3n) is 5.88. The summed E-state index contributed by atoms with van der Waals surface area (Å²) < 4.78 is 16.1. The number of nitrogens with zero attached hydrogens (tertiary/aromatic N) is 3. The van der Waals surface area contributed by atoms with Gasteiger partial charge in [-0.3, -0.25) is 9.59 Å². The second kappa shape index (κ2) is 8.91. The molecule has 0 radical (unpaired) electrons. The molecule has 1 unspecified atom stereocenters. The zero-order valence-corrected chi connectivity index (χ0v) is 18.7. The monoisotopic (exact) mass is 455 g/mol. The molecule has 0 bridgehead atoms. The van der Waals surface area contributed by atoms with Crippen molar-refractivity contribution in [3.8, 4) is 11.5 Å². The van der Waals surface area contributed by atoms with Crippen molar-refractivity contribution >= 4 is 28.9 Å². The van der Waals surface area contributed by atoms with Gasteiger partial charge < -0.3 is 19.1 Å². The van der Waals surface area contributed by atoms with Gasteiger partial charge in [0.25, 0.3) is 5.91 Å². The van der Waals surface area contributed by atoms with E-state index in [1.165, 1.54) is 5.01 Å². The van der Waals surface area contributed by atoms with E-state index in [9.17, 15) is 9.59 Å². The van der Waals surface area contributed by atoms with Gasteiger partial charge in [0.15, 0.2) is 11.5 Å². The van der Waals surface area contributed by atoms with Gasteiger partial charge in [0, 0.05) is 26.0 Å². The van der Waals surface area contributed by atoms with E-state index in [2.05, 4.69) is 0 Å². The molecule has 2 amide bonds. The Labute approximate surface area is 190 Å². The number of hydrogen-bond donors (Lipinski definition) is 0. The minimum atomic E-state index is -0.269. The normalized spacial score (nSPS) is 19.2. The third-order valence-corrected chi connectivity index (χ3v) is 6.80. The molecule has 3 heterocycles. The summed E-state index contributed by atoms with van der Waals surface area (Å²) in [6, 6.07) is 9.44. The molecule has 1 saturated carbocycles. The van der Waals surface area contributed by atoms with Gasteiger partial charge in [0.1, 0.15) is 6.54 Å². The fourth-order valence-electron chi connectivity index (χ4n) is 4.00. The van der Waals surface area contributed by atoms with Crippen molar-refractivity contribution in [1.29, 1.82) is 0 Å². The number of benzene rings is 1. The lowest BCUT2D eigenvalue weighted by Gasteiger charge is -2.27. The number of hydrazone groups is 1. The lowest BCUT2D eigenvalue weighted by Crippen LogP contribution is -2.43. The lowest BCUT2D eigenvalue weighted by atomic mass is 10.0. The average Bonchev–Trinajstić information content (AvgIpc) is 3.21. The molecular formula is C23H25N3O5S. The van der Waals surface area contributed by atoms with E-state index >= 15 is 0 Å². The van der Waals surface area contributed by atoms with Crippen LogP contribution in [0.2, 0.25) is 0 Å². The topological polar surface area (TPSA) is 80.7 Å². The number of carbonyl (C=O) groups is 2. The van der Waals surface area contributed by atoms with Crippen molar-refractivity contribution in [2.45, 2.75) is 25.3 Å². The molecule has 9 heteroatoms. The van der Waals surface area contributed by atoms with E-state index < -0.39 is 0 Å². The number of amides is 2. The smallest absolute Gasteiger partial charge is 0.262 e. The molecule has 1 aromatic carbocycles. The fraction of sp³-hybridized carbons (Fsp3) is 0.435. The molecule has 2 aliphatic heterocycles. The SMILES string of the molecule is COCCN(CC(=O)N1N=C(c2cccs2)CC1c1ccc2c(c1)OCO2)C(=O)C1CC1. The molecule has 0 spiro atoms. The zero-order valence-electron chi connectivity index (χ0n) is 17.9. The van der Waals surface area contributed by atoms with Crippen LogP contribution < -0.4 is 9.47 Å². The van der Waals surface area contributed by atoms with Gasteiger partial charge in [0.05, 0.1) is 23.2 Å². The Morgan fingerprint density at radius 3 is 2.84 bits per heavy atom. The van der Waals surface area contributed by atoms with Gasteiger partial charge in [-0.15, -0.1) is 11.3 Å². The summed E-state index contributed by atoms with van der Waals surface area (Å²) in [6.07, 6.45) is 2.38. The molecule has 1 atom stereocenters. The third kappa shape index (κ3) is 4.22. The van der Waals surface area contributed by atoms with E-state index in [4.69, 9.17) is 19.3 Å². The first-order chi connectivity index (χ1) is 15.6. The Balaban J connectivity index is 1.40. The molecule has 1 aromatic heterocycles. The van der Waals surface area contributed by atoms with Crippen LogP contribution in [-0.2, 0) is 14.3 Å². The van der Waals surface area contributed by atoms with E-state index in [-0.39, 0.29) is 37.1 Å². The molecule has 168 valence electrons. The first-order valence-corrected chi connectivity index (χ1v) is 11.6. The Bertz CT molecular complexity index is 1030. The van der Waals surface area contributed by atoms with E-state index in [1.54, 1.807) is 23.3 Å². The fourth-order valence-corrected chi connectivity index (χ4v) is 4.73. The molecule has 8 nitrogen and oxygen atoms in total. The van der Waals surface area contributed by atoms with Crippen LogP contribution in [0.1, 0.15) is 35.7 Å². The highest BCUT2D eigenvalue weighted by Crippen LogP contribution is 2.39. The van der Waals surface area contributed by atoms with Crippen LogP contribution in [-0.4, -0.2) is 61.0 Å². The van der Waals surface area contributed by atoms with Gasteiger partial charge >= 0.3 is 0 Å². The maximum absolute atomic E-state index is 13.4. The second-order valence-electron chi connectivity index (χ2n) is 8.12. The molecule has 0 saturated heterocycles. The number of methoxy groups -OCH3 is 1. The molecule has 32 heavy (non-hydrogen) atoms. The van der Waals surface area contributed by atoms with Crippen molar-refractivity contribution in [3.63, 3.8) is 0 Å². The summed E-state index contributed by atoms with van der Waals surface area (Å²) in [4.78, 5) is 28.8. The van der Waals surface area contributed by atoms with E-state index in [0.717, 1.165) is 29.0 Å². The largest absolute Gasteiger partial charge is 0.454 e. The van der Waals surface area contributed by atoms with Gasteiger partial charge in [0.2, 0.25) is 12.7 Å². The van der Waals surface area contributed by atoms with Gasteiger partial charge in [-0.05, 0) is 42.0 Å². The molecule has 2 aromatic rings. The van der Waals surface area contributed by atoms with Gasteiger partial charge in [-0.25, -0.2) is 5.01 Å². The number of ether oxygens (including phenoxy) is 3. The van der Waals surface area contributed by atoms with Crippen LogP contribution in [0.5, 0.6) is 11.5 Å². The zero-order chi connectivity index (χ0) is 22.1. The summed E-state index contributed by atoms with van der Waals surface area (Å²) in [5, 5.41) is 8.24. The first-order valence-electron chi connectivity index (χ1n) is 10.7. The van der Waals surface area contributed by atoms with Crippen LogP contribution in [0.15, 0.2) is 40.8 Å². The highest BCUT2D eigenvalue weighted by Gasteiger charge is 2.38.